The van der Waals surface area contributed by atoms with Crippen LogP contribution in [0.5, 0.6) is 17.5 Å². The molecule has 0 aliphatic rings. The molecule has 0 fully saturated rings. The number of carboxylic acid groups (broad SMARTS) is 1. The predicted octanol–water partition coefficient (Wildman–Crippen LogP) is 5.03. The van der Waals surface area contributed by atoms with Gasteiger partial charge in [-0.3, -0.25) is 0 Å². The molecule has 0 aliphatic carbocycles. The summed E-state index contributed by atoms with van der Waals surface area (Å²) in [4.78, 5) is 15.3. The summed E-state index contributed by atoms with van der Waals surface area (Å²) in [7, 11) is 0. The van der Waals surface area contributed by atoms with E-state index in [1.165, 1.54) is 6.07 Å². The van der Waals surface area contributed by atoms with Crippen LogP contribution in [0, 0.1) is 28.9 Å². The first-order valence-electron chi connectivity index (χ1n) is 10.5. The molecule has 0 saturated carbocycles. The lowest BCUT2D eigenvalue weighted by atomic mass is 10.0. The smallest absolute Gasteiger partial charge is 0.345 e. The molecule has 0 bridgehead atoms. The first-order valence-corrected chi connectivity index (χ1v) is 10.5. The fraction of sp³-hybridized carbons (Fsp3) is 0.240. The van der Waals surface area contributed by atoms with E-state index in [1.54, 1.807) is 26.0 Å². The van der Waals surface area contributed by atoms with Crippen molar-refractivity contribution in [3.63, 3.8) is 0 Å². The maximum Gasteiger partial charge on any atom is 0.345 e. The molecule has 176 valence electrons. The number of benzene rings is 2. The van der Waals surface area contributed by atoms with Gasteiger partial charge in [0, 0.05) is 18.5 Å². The number of aromatic nitrogens is 1. The monoisotopic (exact) mass is 467 g/mol. The van der Waals surface area contributed by atoms with Crippen molar-refractivity contribution < 1.29 is 28.2 Å². The first kappa shape index (κ1) is 24.6. The average Bonchev–Trinajstić information content (AvgIpc) is 2.84. The summed E-state index contributed by atoms with van der Waals surface area (Å²) in [6.45, 7) is 3.72. The fourth-order valence-electron chi connectivity index (χ4n) is 3.21. The Morgan fingerprint density at radius 1 is 1.15 bits per heavy atom. The molecule has 34 heavy (non-hydrogen) atoms. The van der Waals surface area contributed by atoms with E-state index in [1.807, 2.05) is 30.3 Å². The van der Waals surface area contributed by atoms with E-state index in [-0.39, 0.29) is 11.3 Å². The van der Waals surface area contributed by atoms with Crippen LogP contribution in [0.3, 0.4) is 0 Å². The lowest BCUT2D eigenvalue weighted by molar-refractivity contribution is -0.147. The Bertz CT molecular complexity index is 1240. The number of halogens is 2. The highest BCUT2D eigenvalue weighted by atomic mass is 19.1. The molecule has 0 spiro atoms. The topological polar surface area (TPSA) is 118 Å². The summed E-state index contributed by atoms with van der Waals surface area (Å²) in [5, 5.41) is 18.8. The van der Waals surface area contributed by atoms with Gasteiger partial charge in [0.15, 0.2) is 17.7 Å². The minimum Gasteiger partial charge on any atom is -0.478 e. The Hall–Kier alpha value is -4.03. The number of nitrogens with two attached hydrogens (primary N) is 1. The number of aliphatic carboxylic acids is 1. The third-order valence-electron chi connectivity index (χ3n) is 5.25. The van der Waals surface area contributed by atoms with E-state index in [0.29, 0.717) is 24.6 Å². The van der Waals surface area contributed by atoms with Crippen LogP contribution >= 0.6 is 0 Å². The molecular formula is C25H23F2N3O4. The quantitative estimate of drug-likeness (QED) is 0.453. The van der Waals surface area contributed by atoms with Gasteiger partial charge in [0.1, 0.15) is 5.75 Å². The second-order valence-electron chi connectivity index (χ2n) is 7.69. The summed E-state index contributed by atoms with van der Waals surface area (Å²) in [6.07, 6.45) is -0.924. The van der Waals surface area contributed by atoms with Crippen LogP contribution in [0.2, 0.25) is 0 Å². The summed E-state index contributed by atoms with van der Waals surface area (Å²) in [5.41, 5.74) is 8.20. The van der Waals surface area contributed by atoms with Gasteiger partial charge in [-0.05, 0) is 47.4 Å². The minimum absolute atomic E-state index is 0.0767. The second kappa shape index (κ2) is 10.7. The molecule has 0 unspecified atom stereocenters. The van der Waals surface area contributed by atoms with Crippen LogP contribution in [0.1, 0.15) is 31.4 Å². The van der Waals surface area contributed by atoms with Crippen LogP contribution in [0.25, 0.3) is 11.1 Å². The minimum atomic E-state index is -1.38. The molecule has 3 rings (SSSR count). The summed E-state index contributed by atoms with van der Waals surface area (Å²) < 4.78 is 39.6. The van der Waals surface area contributed by atoms with E-state index >= 15 is 0 Å². The van der Waals surface area contributed by atoms with Gasteiger partial charge < -0.3 is 20.3 Å². The summed E-state index contributed by atoms with van der Waals surface area (Å²) in [6, 6.07) is 14.5. The van der Waals surface area contributed by atoms with Crippen molar-refractivity contribution in [1.82, 2.24) is 4.98 Å². The van der Waals surface area contributed by atoms with E-state index in [4.69, 9.17) is 15.2 Å². The normalized spacial score (nSPS) is 12.5. The van der Waals surface area contributed by atoms with Gasteiger partial charge in [0.2, 0.25) is 0 Å². The largest absolute Gasteiger partial charge is 0.478 e. The third kappa shape index (κ3) is 5.66. The number of nitriles is 1. The van der Waals surface area contributed by atoms with Gasteiger partial charge in [-0.15, -0.1) is 0 Å². The Balaban J connectivity index is 1.98. The van der Waals surface area contributed by atoms with Crippen LogP contribution in [-0.2, 0) is 11.3 Å². The van der Waals surface area contributed by atoms with Crippen LogP contribution < -0.4 is 15.2 Å². The van der Waals surface area contributed by atoms with E-state index < -0.39 is 41.4 Å². The molecule has 1 aromatic heterocycles. The van der Waals surface area contributed by atoms with Gasteiger partial charge in [-0.25, -0.2) is 13.6 Å². The van der Waals surface area contributed by atoms with Crippen LogP contribution in [0.4, 0.5) is 8.78 Å². The number of hydrogen-bond acceptors (Lipinski definition) is 6. The molecule has 0 radical (unpaired) electrons. The summed E-state index contributed by atoms with van der Waals surface area (Å²) in [5.74, 6) is -5.27. The van der Waals surface area contributed by atoms with E-state index in [2.05, 4.69) is 4.98 Å². The Morgan fingerprint density at radius 3 is 2.53 bits per heavy atom. The van der Waals surface area contributed by atoms with Crippen molar-refractivity contribution in [2.24, 2.45) is 11.7 Å². The predicted molar refractivity (Wildman–Crippen MR) is 120 cm³/mol. The van der Waals surface area contributed by atoms with E-state index in [9.17, 15) is 23.9 Å². The Morgan fingerprint density at radius 2 is 1.88 bits per heavy atom. The van der Waals surface area contributed by atoms with Gasteiger partial charge in [-0.1, -0.05) is 32.0 Å². The molecule has 0 saturated heterocycles. The molecule has 9 heteroatoms. The van der Waals surface area contributed by atoms with Crippen molar-refractivity contribution in [3.8, 4) is 34.7 Å². The van der Waals surface area contributed by atoms with Gasteiger partial charge >= 0.3 is 5.97 Å². The number of carbonyl (C=O) groups is 1. The highest BCUT2D eigenvalue weighted by Gasteiger charge is 2.28. The Kier molecular flexibility index (Phi) is 7.76. The molecule has 0 aliphatic heterocycles. The van der Waals surface area contributed by atoms with Crippen LogP contribution in [0.15, 0.2) is 48.5 Å². The highest BCUT2D eigenvalue weighted by molar-refractivity contribution is 5.73. The maximum absolute atomic E-state index is 14.5. The van der Waals surface area contributed by atoms with Crippen molar-refractivity contribution in [2.45, 2.75) is 32.9 Å². The standard InChI is InChI=1S/C25H23F2N3O4/c1-3-14(2)22(25(31)32)34-24-21(27)11-20(26)23(30-24)33-19-9-16(13-29)8-18(10-19)17-6-4-5-15(7-17)12-28/h4-11,14,22H,3,12,28H2,1-2H3,(H,31,32)/t14-,22-/m1/s1. The van der Waals surface area contributed by atoms with Crippen molar-refractivity contribution >= 4 is 5.97 Å². The SMILES string of the molecule is CC[C@@H](C)[C@@H](Oc1nc(Oc2cc(C#N)cc(-c3cccc(CN)c3)c2)c(F)cc1F)C(=O)O. The molecule has 0 amide bonds. The maximum atomic E-state index is 14.5. The fourth-order valence-corrected chi connectivity index (χ4v) is 3.21. The first-order chi connectivity index (χ1) is 16.2. The zero-order chi connectivity index (χ0) is 24.8. The lowest BCUT2D eigenvalue weighted by Gasteiger charge is -2.20. The molecular weight excluding hydrogens is 444 g/mol. The molecule has 2 aromatic carbocycles. The number of rotatable bonds is 9. The van der Waals surface area contributed by atoms with Gasteiger partial charge in [0.25, 0.3) is 11.8 Å². The second-order valence-corrected chi connectivity index (χ2v) is 7.69. The van der Waals surface area contributed by atoms with Crippen molar-refractivity contribution in [1.29, 1.82) is 5.26 Å². The van der Waals surface area contributed by atoms with Gasteiger partial charge in [-0.2, -0.15) is 10.2 Å². The van der Waals surface area contributed by atoms with Crippen LogP contribution in [-0.4, -0.2) is 22.2 Å². The van der Waals surface area contributed by atoms with Crippen molar-refractivity contribution in [2.75, 3.05) is 0 Å². The summed E-state index contributed by atoms with van der Waals surface area (Å²) >= 11 is 0. The third-order valence-corrected chi connectivity index (χ3v) is 5.25. The highest BCUT2D eigenvalue weighted by Crippen LogP contribution is 2.32. The van der Waals surface area contributed by atoms with Crippen molar-refractivity contribution in [3.05, 3.63) is 71.3 Å². The zero-order valence-corrected chi connectivity index (χ0v) is 18.6. The number of pyridine rings is 1. The van der Waals surface area contributed by atoms with E-state index in [0.717, 1.165) is 11.1 Å². The van der Waals surface area contributed by atoms with Gasteiger partial charge in [0.05, 0.1) is 11.6 Å². The number of hydrogen-bond donors (Lipinski definition) is 2. The molecule has 7 nitrogen and oxygen atoms in total. The average molecular weight is 467 g/mol. The molecule has 3 aromatic rings. The Labute approximate surface area is 195 Å². The lowest BCUT2D eigenvalue weighted by Crippen LogP contribution is -2.34. The molecule has 2 atom stereocenters. The number of ether oxygens (including phenoxy) is 2. The number of carboxylic acids is 1. The molecule has 1 heterocycles. The zero-order valence-electron chi connectivity index (χ0n) is 18.6. The molecule has 3 N–H and O–H groups in total. The number of nitrogens with zero attached hydrogens (tertiary/aromatic N) is 2.